The number of nitrogens with one attached hydrogen (secondary N) is 1. The molecule has 4 rings (SSSR count). The van der Waals surface area contributed by atoms with Crippen LogP contribution in [0.4, 0.5) is 0 Å². The second-order valence-electron chi connectivity index (χ2n) is 9.53. The number of benzene rings is 4. The molecule has 0 aliphatic rings. The van der Waals surface area contributed by atoms with Crippen molar-refractivity contribution in [1.82, 2.24) is 5.32 Å². The zero-order chi connectivity index (χ0) is 26.6. The minimum Gasteiger partial charge on any atom is -0.497 e. The molecule has 0 radical (unpaired) electrons. The van der Waals surface area contributed by atoms with Crippen LogP contribution in [-0.4, -0.2) is 39.1 Å². The molecule has 1 unspecified atom stereocenters. The molecule has 0 bridgehead atoms. The summed E-state index contributed by atoms with van der Waals surface area (Å²) in [5.41, 5.74) is 3.61. The first-order chi connectivity index (χ1) is 18.7. The Labute approximate surface area is 226 Å². The summed E-state index contributed by atoms with van der Waals surface area (Å²) in [6, 6.07) is 29.3. The van der Waals surface area contributed by atoms with Gasteiger partial charge in [0.25, 0.3) is 0 Å². The second kappa shape index (κ2) is 14.4. The lowest BCUT2D eigenvalue weighted by Crippen LogP contribution is -2.26. The molecule has 0 spiro atoms. The van der Waals surface area contributed by atoms with Crippen LogP contribution in [0, 0.1) is 0 Å². The molecule has 0 aliphatic carbocycles. The summed E-state index contributed by atoms with van der Waals surface area (Å²) < 4.78 is 17.1. The van der Waals surface area contributed by atoms with E-state index in [1.165, 1.54) is 12.0 Å². The third-order valence-electron chi connectivity index (χ3n) is 6.87. The van der Waals surface area contributed by atoms with Gasteiger partial charge in [-0.05, 0) is 96.0 Å². The van der Waals surface area contributed by atoms with Gasteiger partial charge in [0.15, 0.2) is 0 Å². The van der Waals surface area contributed by atoms with Crippen LogP contribution in [0.25, 0.3) is 10.8 Å². The van der Waals surface area contributed by atoms with Crippen molar-refractivity contribution < 1.29 is 19.3 Å². The van der Waals surface area contributed by atoms with Crippen LogP contribution in [0.3, 0.4) is 0 Å². The predicted molar refractivity (Wildman–Crippen MR) is 155 cm³/mol. The Bertz CT molecular complexity index is 1270. The van der Waals surface area contributed by atoms with E-state index in [0.717, 1.165) is 65.0 Å². The van der Waals surface area contributed by atoms with E-state index in [2.05, 4.69) is 72.0 Å². The highest BCUT2D eigenvalue weighted by Crippen LogP contribution is 2.31. The number of unbranched alkanes of at least 4 members (excludes halogenated alkanes) is 2. The molecule has 200 valence electrons. The van der Waals surface area contributed by atoms with Crippen molar-refractivity contribution in [3.05, 3.63) is 102 Å². The Morgan fingerprint density at radius 2 is 1.55 bits per heavy atom. The Hall–Kier alpha value is -3.54. The smallest absolute Gasteiger partial charge is 0.122 e. The number of methoxy groups -OCH3 is 2. The van der Waals surface area contributed by atoms with Crippen molar-refractivity contribution in [3.63, 3.8) is 0 Å². The Balaban J connectivity index is 1.38. The van der Waals surface area contributed by atoms with Gasteiger partial charge in [-0.2, -0.15) is 0 Å². The summed E-state index contributed by atoms with van der Waals surface area (Å²) in [5.74, 6) is 2.53. The number of aliphatic hydroxyl groups is 1. The fourth-order valence-corrected chi connectivity index (χ4v) is 4.80. The quantitative estimate of drug-likeness (QED) is 0.177. The molecule has 4 aromatic carbocycles. The topological polar surface area (TPSA) is 60.0 Å². The predicted octanol–water partition coefficient (Wildman–Crippen LogP) is 6.51. The van der Waals surface area contributed by atoms with Crippen LogP contribution < -0.4 is 19.5 Å². The Kier molecular flexibility index (Phi) is 10.4. The molecular weight excluding hydrogens is 474 g/mol. The Morgan fingerprint density at radius 1 is 0.763 bits per heavy atom. The number of aryl methyl sites for hydroxylation is 1. The van der Waals surface area contributed by atoms with Crippen LogP contribution in [0.5, 0.6) is 17.2 Å². The standard InChI is InChI=1S/C33H39NO4/c1-36-30-16-17-33(37-2)29(23-30)24-32(34-18-19-35)28-13-12-27-22-31(15-14-26(27)21-28)38-20-8-4-7-11-25-9-5-3-6-10-25/h3,5-6,9-10,12-17,21-23,32,34-35H,4,7-8,11,18-20,24H2,1-2H3. The first kappa shape index (κ1) is 27.5. The monoisotopic (exact) mass is 513 g/mol. The number of ether oxygens (including phenoxy) is 3. The van der Waals surface area contributed by atoms with Crippen LogP contribution in [0.2, 0.25) is 0 Å². The second-order valence-corrected chi connectivity index (χ2v) is 9.53. The van der Waals surface area contributed by atoms with E-state index >= 15 is 0 Å². The third-order valence-corrected chi connectivity index (χ3v) is 6.87. The molecule has 4 aromatic rings. The number of aliphatic hydroxyl groups excluding tert-OH is 1. The highest BCUT2D eigenvalue weighted by atomic mass is 16.5. The summed E-state index contributed by atoms with van der Waals surface area (Å²) in [5, 5.41) is 15.3. The van der Waals surface area contributed by atoms with Gasteiger partial charge < -0.3 is 24.6 Å². The molecule has 0 fully saturated rings. The largest absolute Gasteiger partial charge is 0.497 e. The van der Waals surface area contributed by atoms with E-state index in [1.807, 2.05) is 18.2 Å². The van der Waals surface area contributed by atoms with Gasteiger partial charge in [0.2, 0.25) is 0 Å². The molecule has 38 heavy (non-hydrogen) atoms. The van der Waals surface area contributed by atoms with Gasteiger partial charge in [-0.25, -0.2) is 0 Å². The number of hydrogen-bond donors (Lipinski definition) is 2. The molecule has 5 heteroatoms. The van der Waals surface area contributed by atoms with Crippen molar-refractivity contribution in [2.45, 2.75) is 38.1 Å². The lowest BCUT2D eigenvalue weighted by Gasteiger charge is -2.21. The van der Waals surface area contributed by atoms with E-state index in [-0.39, 0.29) is 12.6 Å². The maximum atomic E-state index is 9.46. The average molecular weight is 514 g/mol. The van der Waals surface area contributed by atoms with Crippen LogP contribution in [0.15, 0.2) is 84.9 Å². The summed E-state index contributed by atoms with van der Waals surface area (Å²) in [7, 11) is 3.35. The third kappa shape index (κ3) is 7.73. The Morgan fingerprint density at radius 3 is 2.34 bits per heavy atom. The van der Waals surface area contributed by atoms with E-state index in [1.54, 1.807) is 14.2 Å². The van der Waals surface area contributed by atoms with Crippen molar-refractivity contribution in [3.8, 4) is 17.2 Å². The van der Waals surface area contributed by atoms with Crippen LogP contribution in [0.1, 0.15) is 42.0 Å². The van der Waals surface area contributed by atoms with E-state index in [9.17, 15) is 5.11 Å². The number of fused-ring (bicyclic) bond motifs is 1. The van der Waals surface area contributed by atoms with Gasteiger partial charge in [0.1, 0.15) is 17.2 Å². The fraction of sp³-hybridized carbons (Fsp3) is 0.333. The van der Waals surface area contributed by atoms with Gasteiger partial charge in [0.05, 0.1) is 27.4 Å². The fourth-order valence-electron chi connectivity index (χ4n) is 4.80. The highest BCUT2D eigenvalue weighted by molar-refractivity contribution is 5.84. The van der Waals surface area contributed by atoms with Gasteiger partial charge in [-0.1, -0.05) is 48.5 Å². The molecule has 0 heterocycles. The molecule has 0 saturated carbocycles. The maximum Gasteiger partial charge on any atom is 0.122 e. The van der Waals surface area contributed by atoms with Crippen LogP contribution >= 0.6 is 0 Å². The minimum atomic E-state index is 0.0133. The molecular formula is C33H39NO4. The van der Waals surface area contributed by atoms with Gasteiger partial charge in [-0.3, -0.25) is 0 Å². The molecule has 0 aliphatic heterocycles. The summed E-state index contributed by atoms with van der Waals surface area (Å²) in [6.07, 6.45) is 5.22. The molecule has 2 N–H and O–H groups in total. The van der Waals surface area contributed by atoms with Gasteiger partial charge >= 0.3 is 0 Å². The lowest BCUT2D eigenvalue weighted by atomic mass is 9.95. The van der Waals surface area contributed by atoms with Crippen molar-refractivity contribution in [2.24, 2.45) is 0 Å². The highest BCUT2D eigenvalue weighted by Gasteiger charge is 2.16. The molecule has 5 nitrogen and oxygen atoms in total. The first-order valence-electron chi connectivity index (χ1n) is 13.5. The molecule has 0 amide bonds. The SMILES string of the molecule is COc1ccc(OC)c(CC(NCCO)c2ccc3cc(OCCCCCc4ccccc4)ccc3c2)c1. The summed E-state index contributed by atoms with van der Waals surface area (Å²) in [6.45, 7) is 1.31. The number of hydrogen-bond acceptors (Lipinski definition) is 5. The van der Waals surface area contributed by atoms with Crippen molar-refractivity contribution in [2.75, 3.05) is 34.0 Å². The van der Waals surface area contributed by atoms with E-state index in [0.29, 0.717) is 13.0 Å². The normalized spacial score (nSPS) is 11.9. The summed E-state index contributed by atoms with van der Waals surface area (Å²) in [4.78, 5) is 0. The van der Waals surface area contributed by atoms with Gasteiger partial charge in [-0.15, -0.1) is 0 Å². The van der Waals surface area contributed by atoms with Gasteiger partial charge in [0, 0.05) is 12.6 Å². The first-order valence-corrected chi connectivity index (χ1v) is 13.5. The molecule has 0 saturated heterocycles. The average Bonchev–Trinajstić information content (AvgIpc) is 2.97. The maximum absolute atomic E-state index is 9.46. The van der Waals surface area contributed by atoms with Crippen molar-refractivity contribution in [1.29, 1.82) is 0 Å². The van der Waals surface area contributed by atoms with Crippen LogP contribution in [-0.2, 0) is 12.8 Å². The molecule has 0 aromatic heterocycles. The zero-order valence-corrected chi connectivity index (χ0v) is 22.5. The molecule has 1 atom stereocenters. The van der Waals surface area contributed by atoms with Crippen molar-refractivity contribution >= 4 is 10.8 Å². The minimum absolute atomic E-state index is 0.0133. The summed E-state index contributed by atoms with van der Waals surface area (Å²) >= 11 is 0. The zero-order valence-electron chi connectivity index (χ0n) is 22.5. The lowest BCUT2D eigenvalue weighted by molar-refractivity contribution is 0.283. The van der Waals surface area contributed by atoms with E-state index < -0.39 is 0 Å². The van der Waals surface area contributed by atoms with E-state index in [4.69, 9.17) is 14.2 Å². The number of rotatable bonds is 15.